The Kier molecular flexibility index (Phi) is 4.28. The Morgan fingerprint density at radius 2 is 1.86 bits per heavy atom. The summed E-state index contributed by atoms with van der Waals surface area (Å²) in [7, 11) is 1.62. The quantitative estimate of drug-likeness (QED) is 0.723. The number of hydrogen-bond donors (Lipinski definition) is 0. The number of hydrogen-bond acceptors (Lipinski definition) is 6. The van der Waals surface area contributed by atoms with Gasteiger partial charge in [0, 0.05) is 12.5 Å². The second kappa shape index (κ2) is 6.52. The standard InChI is InChI=1S/C16H13N3O2S/c1-20-9-14-18-19-15(22-14)10-21-16-12(8-17)7-6-11-4-2-3-5-13(11)16/h2-7H,9-10H2,1H3. The monoisotopic (exact) mass is 311 g/mol. The maximum absolute atomic E-state index is 9.28. The van der Waals surface area contributed by atoms with Crippen molar-refractivity contribution < 1.29 is 9.47 Å². The van der Waals surface area contributed by atoms with Crippen LogP contribution in [-0.4, -0.2) is 17.3 Å². The van der Waals surface area contributed by atoms with Crippen LogP contribution in [0.2, 0.25) is 0 Å². The van der Waals surface area contributed by atoms with Crippen molar-refractivity contribution >= 4 is 22.1 Å². The van der Waals surface area contributed by atoms with Crippen LogP contribution in [-0.2, 0) is 18.0 Å². The van der Waals surface area contributed by atoms with Crippen LogP contribution in [0.25, 0.3) is 10.8 Å². The van der Waals surface area contributed by atoms with E-state index in [4.69, 9.17) is 9.47 Å². The molecule has 0 saturated carbocycles. The molecule has 0 saturated heterocycles. The van der Waals surface area contributed by atoms with E-state index in [0.29, 0.717) is 17.9 Å². The topological polar surface area (TPSA) is 68.0 Å². The summed E-state index contributed by atoms with van der Waals surface area (Å²) in [4.78, 5) is 0. The largest absolute Gasteiger partial charge is 0.484 e. The van der Waals surface area contributed by atoms with E-state index in [1.807, 2.05) is 30.3 Å². The second-order valence-corrected chi connectivity index (χ2v) is 5.73. The zero-order valence-corrected chi connectivity index (χ0v) is 12.8. The van der Waals surface area contributed by atoms with E-state index in [0.717, 1.165) is 20.8 Å². The number of rotatable bonds is 5. The lowest BCUT2D eigenvalue weighted by molar-refractivity contribution is 0.184. The summed E-state index contributed by atoms with van der Waals surface area (Å²) < 4.78 is 10.9. The minimum absolute atomic E-state index is 0.282. The molecule has 5 nitrogen and oxygen atoms in total. The molecule has 0 radical (unpaired) electrons. The molecule has 110 valence electrons. The van der Waals surface area contributed by atoms with Gasteiger partial charge in [0.2, 0.25) is 0 Å². The van der Waals surface area contributed by atoms with E-state index >= 15 is 0 Å². The van der Waals surface area contributed by atoms with Crippen LogP contribution in [0.15, 0.2) is 36.4 Å². The lowest BCUT2D eigenvalue weighted by atomic mass is 10.1. The highest BCUT2D eigenvalue weighted by Crippen LogP contribution is 2.30. The molecule has 0 fully saturated rings. The van der Waals surface area contributed by atoms with Gasteiger partial charge < -0.3 is 9.47 Å². The third-order valence-electron chi connectivity index (χ3n) is 3.12. The maximum Gasteiger partial charge on any atom is 0.155 e. The summed E-state index contributed by atoms with van der Waals surface area (Å²) in [5, 5.41) is 20.9. The van der Waals surface area contributed by atoms with Gasteiger partial charge in [-0.2, -0.15) is 5.26 Å². The molecule has 3 aromatic rings. The van der Waals surface area contributed by atoms with E-state index in [2.05, 4.69) is 16.3 Å². The predicted molar refractivity (Wildman–Crippen MR) is 83.6 cm³/mol. The Morgan fingerprint density at radius 1 is 1.09 bits per heavy atom. The Bertz CT molecular complexity index is 839. The summed E-state index contributed by atoms with van der Waals surface area (Å²) in [5.74, 6) is 0.587. The number of methoxy groups -OCH3 is 1. The van der Waals surface area contributed by atoms with E-state index in [1.165, 1.54) is 11.3 Å². The van der Waals surface area contributed by atoms with Crippen molar-refractivity contribution in [3.63, 3.8) is 0 Å². The molecule has 0 aliphatic rings. The van der Waals surface area contributed by atoms with Crippen molar-refractivity contribution in [2.75, 3.05) is 7.11 Å². The summed E-state index contributed by atoms with van der Waals surface area (Å²) in [6, 6.07) is 13.7. The fraction of sp³-hybridized carbons (Fsp3) is 0.188. The average Bonchev–Trinajstić information content (AvgIpc) is 3.00. The van der Waals surface area contributed by atoms with Crippen molar-refractivity contribution in [2.45, 2.75) is 13.2 Å². The molecule has 0 bridgehead atoms. The SMILES string of the molecule is COCc1nnc(COc2c(C#N)ccc3ccccc23)s1. The van der Waals surface area contributed by atoms with Crippen LogP contribution >= 0.6 is 11.3 Å². The van der Waals surface area contributed by atoms with Gasteiger partial charge in [0.05, 0.1) is 12.2 Å². The predicted octanol–water partition coefficient (Wildman–Crippen LogP) is 3.29. The van der Waals surface area contributed by atoms with Crippen molar-refractivity contribution in [3.05, 3.63) is 52.0 Å². The van der Waals surface area contributed by atoms with E-state index in [9.17, 15) is 5.26 Å². The lowest BCUT2D eigenvalue weighted by Crippen LogP contribution is -1.98. The van der Waals surface area contributed by atoms with Crippen LogP contribution < -0.4 is 4.74 Å². The first-order valence-corrected chi connectivity index (χ1v) is 7.48. The highest BCUT2D eigenvalue weighted by molar-refractivity contribution is 7.11. The number of nitrogens with zero attached hydrogens (tertiary/aromatic N) is 3. The van der Waals surface area contributed by atoms with Gasteiger partial charge in [-0.1, -0.05) is 41.7 Å². The van der Waals surface area contributed by atoms with Crippen molar-refractivity contribution in [1.82, 2.24) is 10.2 Å². The normalized spacial score (nSPS) is 10.5. The molecule has 0 aliphatic carbocycles. The third-order valence-corrected chi connectivity index (χ3v) is 3.99. The second-order valence-electron chi connectivity index (χ2n) is 4.59. The first-order valence-electron chi connectivity index (χ1n) is 6.66. The lowest BCUT2D eigenvalue weighted by Gasteiger charge is -2.09. The van der Waals surface area contributed by atoms with E-state index in [-0.39, 0.29) is 6.61 Å². The Labute approximate surface area is 131 Å². The highest BCUT2D eigenvalue weighted by Gasteiger charge is 2.11. The first kappa shape index (κ1) is 14.4. The fourth-order valence-electron chi connectivity index (χ4n) is 2.15. The smallest absolute Gasteiger partial charge is 0.155 e. The van der Waals surface area contributed by atoms with Gasteiger partial charge in [-0.3, -0.25) is 0 Å². The van der Waals surface area contributed by atoms with Gasteiger partial charge in [-0.05, 0) is 11.5 Å². The minimum Gasteiger partial charge on any atom is -0.484 e. The van der Waals surface area contributed by atoms with Crippen LogP contribution in [0.1, 0.15) is 15.6 Å². The molecule has 0 spiro atoms. The van der Waals surface area contributed by atoms with Gasteiger partial charge in [-0.25, -0.2) is 0 Å². The van der Waals surface area contributed by atoms with Crippen LogP contribution in [0, 0.1) is 11.3 Å². The molecule has 1 aromatic heterocycles. The van der Waals surface area contributed by atoms with Gasteiger partial charge in [0.15, 0.2) is 5.01 Å². The minimum atomic E-state index is 0.282. The third kappa shape index (κ3) is 2.91. The molecule has 1 heterocycles. The summed E-state index contributed by atoms with van der Waals surface area (Å²) in [6.07, 6.45) is 0. The van der Waals surface area contributed by atoms with Crippen molar-refractivity contribution in [1.29, 1.82) is 5.26 Å². The number of benzene rings is 2. The Balaban J connectivity index is 1.87. The molecule has 2 aromatic carbocycles. The zero-order valence-electron chi connectivity index (χ0n) is 11.9. The van der Waals surface area contributed by atoms with Crippen LogP contribution in [0.3, 0.4) is 0 Å². The van der Waals surface area contributed by atoms with Gasteiger partial charge in [0.1, 0.15) is 23.4 Å². The zero-order chi connectivity index (χ0) is 15.4. The molecular formula is C16H13N3O2S. The molecule has 22 heavy (non-hydrogen) atoms. The molecule has 6 heteroatoms. The van der Waals surface area contributed by atoms with E-state index < -0.39 is 0 Å². The van der Waals surface area contributed by atoms with Crippen molar-refractivity contribution in [2.24, 2.45) is 0 Å². The number of ether oxygens (including phenoxy) is 2. The molecule has 0 unspecified atom stereocenters. The van der Waals surface area contributed by atoms with Crippen molar-refractivity contribution in [3.8, 4) is 11.8 Å². The summed E-state index contributed by atoms with van der Waals surface area (Å²) in [6.45, 7) is 0.722. The molecular weight excluding hydrogens is 298 g/mol. The highest BCUT2D eigenvalue weighted by atomic mass is 32.1. The Hall–Kier alpha value is -2.49. The molecule has 0 N–H and O–H groups in total. The summed E-state index contributed by atoms with van der Waals surface area (Å²) in [5.41, 5.74) is 0.514. The molecule has 0 atom stereocenters. The fourth-order valence-corrected chi connectivity index (χ4v) is 2.88. The number of aromatic nitrogens is 2. The van der Waals surface area contributed by atoms with E-state index in [1.54, 1.807) is 13.2 Å². The van der Waals surface area contributed by atoms with Crippen LogP contribution in [0.4, 0.5) is 0 Å². The molecule has 3 rings (SSSR count). The van der Waals surface area contributed by atoms with Crippen LogP contribution in [0.5, 0.6) is 5.75 Å². The Morgan fingerprint density at radius 3 is 2.64 bits per heavy atom. The van der Waals surface area contributed by atoms with Gasteiger partial charge in [0.25, 0.3) is 0 Å². The first-order chi connectivity index (χ1) is 10.8. The maximum atomic E-state index is 9.28. The van der Waals surface area contributed by atoms with Gasteiger partial charge >= 0.3 is 0 Å². The van der Waals surface area contributed by atoms with Gasteiger partial charge in [-0.15, -0.1) is 10.2 Å². The average molecular weight is 311 g/mol. The molecule has 0 aliphatic heterocycles. The molecule has 0 amide bonds. The summed E-state index contributed by atoms with van der Waals surface area (Å²) >= 11 is 1.44. The number of fused-ring (bicyclic) bond motifs is 1. The number of nitriles is 1.